The number of nitrogens with zero attached hydrogens (tertiary/aromatic N) is 1. The van der Waals surface area contributed by atoms with E-state index in [0.29, 0.717) is 17.5 Å². The number of aromatic nitrogens is 1. The topological polar surface area (TPSA) is 97.4 Å². The number of esters is 1. The number of carbonyl (C=O) groups is 3. The second-order valence-electron chi connectivity index (χ2n) is 8.81. The molecule has 0 aliphatic carbocycles. The molecule has 0 aliphatic rings. The summed E-state index contributed by atoms with van der Waals surface area (Å²) >= 11 is 0. The second kappa shape index (κ2) is 13.5. The monoisotopic (exact) mass is 507 g/mol. The van der Waals surface area contributed by atoms with Gasteiger partial charge in [0.05, 0.1) is 6.04 Å². The Morgan fingerprint density at radius 2 is 1.13 bits per heavy atom. The van der Waals surface area contributed by atoms with E-state index in [1.54, 1.807) is 36.4 Å². The third-order valence-corrected chi connectivity index (χ3v) is 5.94. The van der Waals surface area contributed by atoms with E-state index in [9.17, 15) is 14.4 Å². The van der Waals surface area contributed by atoms with E-state index >= 15 is 0 Å². The predicted octanol–water partition coefficient (Wildman–Crippen LogP) is 4.01. The molecule has 0 saturated carbocycles. The van der Waals surface area contributed by atoms with Crippen LogP contribution in [0.2, 0.25) is 0 Å². The standard InChI is InChI=1S/C31H29N3O4/c35-29(25-14-8-3-9-15-25)33-27(20-23-10-4-1-5-11-23)22-38-31(37)28(21-24-12-6-2-7-13-24)34-30(36)26-16-18-32-19-17-26/h1-19,27-28H,20-22H2,(H,33,35)(H,34,36)/t27-,28-/m1/s1. The molecular formula is C31H29N3O4. The van der Waals surface area contributed by atoms with E-state index in [0.717, 1.165) is 11.1 Å². The van der Waals surface area contributed by atoms with Gasteiger partial charge in [0.2, 0.25) is 0 Å². The number of carbonyl (C=O) groups excluding carboxylic acids is 3. The number of nitrogens with one attached hydrogen (secondary N) is 2. The first-order valence-electron chi connectivity index (χ1n) is 12.4. The SMILES string of the molecule is O=C(N[C@@H](COC(=O)[C@@H](Cc1ccccc1)NC(=O)c1ccncc1)Cc1ccccc1)c1ccccc1. The number of ether oxygens (including phenoxy) is 1. The van der Waals surface area contributed by atoms with Crippen LogP contribution in [0.25, 0.3) is 0 Å². The molecule has 0 unspecified atom stereocenters. The van der Waals surface area contributed by atoms with Crippen molar-refractivity contribution in [3.63, 3.8) is 0 Å². The Hall–Kier alpha value is -4.78. The van der Waals surface area contributed by atoms with Gasteiger partial charge in [0, 0.05) is 29.9 Å². The van der Waals surface area contributed by atoms with Crippen molar-refractivity contribution in [2.45, 2.75) is 24.9 Å². The molecule has 0 spiro atoms. The lowest BCUT2D eigenvalue weighted by molar-refractivity contribution is -0.146. The van der Waals surface area contributed by atoms with Crippen molar-refractivity contribution < 1.29 is 19.1 Å². The molecule has 4 rings (SSSR count). The number of hydrogen-bond donors (Lipinski definition) is 2. The number of pyridine rings is 1. The number of hydrogen-bond acceptors (Lipinski definition) is 5. The summed E-state index contributed by atoms with van der Waals surface area (Å²) in [6, 6.07) is 29.7. The van der Waals surface area contributed by atoms with Crippen molar-refractivity contribution in [3.05, 3.63) is 138 Å². The normalized spacial score (nSPS) is 12.1. The van der Waals surface area contributed by atoms with Crippen LogP contribution in [0.3, 0.4) is 0 Å². The Morgan fingerprint density at radius 3 is 1.74 bits per heavy atom. The van der Waals surface area contributed by atoms with Crippen molar-refractivity contribution in [3.8, 4) is 0 Å². The molecule has 38 heavy (non-hydrogen) atoms. The van der Waals surface area contributed by atoms with Crippen LogP contribution in [0.4, 0.5) is 0 Å². The van der Waals surface area contributed by atoms with Gasteiger partial charge in [-0.2, -0.15) is 0 Å². The van der Waals surface area contributed by atoms with Gasteiger partial charge in [-0.05, 0) is 41.8 Å². The van der Waals surface area contributed by atoms with E-state index in [-0.39, 0.29) is 18.9 Å². The molecule has 2 N–H and O–H groups in total. The first kappa shape index (κ1) is 26.3. The second-order valence-corrected chi connectivity index (χ2v) is 8.81. The Balaban J connectivity index is 1.47. The van der Waals surface area contributed by atoms with Crippen LogP contribution in [0.1, 0.15) is 31.8 Å². The van der Waals surface area contributed by atoms with Gasteiger partial charge in [-0.25, -0.2) is 4.79 Å². The molecule has 1 aromatic heterocycles. The van der Waals surface area contributed by atoms with Crippen LogP contribution >= 0.6 is 0 Å². The highest BCUT2D eigenvalue weighted by atomic mass is 16.5. The molecule has 0 radical (unpaired) electrons. The zero-order valence-electron chi connectivity index (χ0n) is 20.8. The zero-order valence-corrected chi connectivity index (χ0v) is 20.8. The van der Waals surface area contributed by atoms with Crippen LogP contribution in [-0.2, 0) is 22.4 Å². The fourth-order valence-corrected chi connectivity index (χ4v) is 3.98. The summed E-state index contributed by atoms with van der Waals surface area (Å²) in [6.45, 7) is -0.0529. The Kier molecular flexibility index (Phi) is 9.34. The summed E-state index contributed by atoms with van der Waals surface area (Å²) in [5.74, 6) is -1.24. The molecule has 0 fully saturated rings. The van der Waals surface area contributed by atoms with Crippen LogP contribution in [0, 0.1) is 0 Å². The largest absolute Gasteiger partial charge is 0.462 e. The van der Waals surface area contributed by atoms with Crippen molar-refractivity contribution in [2.75, 3.05) is 6.61 Å². The van der Waals surface area contributed by atoms with Gasteiger partial charge in [0.15, 0.2) is 0 Å². The smallest absolute Gasteiger partial charge is 0.329 e. The number of benzene rings is 3. The highest BCUT2D eigenvalue weighted by molar-refractivity contribution is 5.96. The fraction of sp³-hybridized carbons (Fsp3) is 0.161. The first-order chi connectivity index (χ1) is 18.6. The summed E-state index contributed by atoms with van der Waals surface area (Å²) < 4.78 is 5.70. The minimum absolute atomic E-state index is 0.0529. The summed E-state index contributed by atoms with van der Waals surface area (Å²) in [4.78, 5) is 42.9. The maximum Gasteiger partial charge on any atom is 0.329 e. The van der Waals surface area contributed by atoms with E-state index in [2.05, 4.69) is 15.6 Å². The van der Waals surface area contributed by atoms with Crippen molar-refractivity contribution in [1.29, 1.82) is 0 Å². The fourth-order valence-electron chi connectivity index (χ4n) is 3.98. The Morgan fingerprint density at radius 1 is 0.632 bits per heavy atom. The highest BCUT2D eigenvalue weighted by Gasteiger charge is 2.25. The zero-order chi connectivity index (χ0) is 26.6. The highest BCUT2D eigenvalue weighted by Crippen LogP contribution is 2.10. The van der Waals surface area contributed by atoms with Crippen LogP contribution in [0.15, 0.2) is 116 Å². The molecule has 0 bridgehead atoms. The third kappa shape index (κ3) is 7.86. The lowest BCUT2D eigenvalue weighted by atomic mass is 10.0. The molecule has 0 saturated heterocycles. The van der Waals surface area contributed by atoms with E-state index in [1.165, 1.54) is 12.4 Å². The van der Waals surface area contributed by atoms with Gasteiger partial charge in [0.1, 0.15) is 12.6 Å². The minimum Gasteiger partial charge on any atom is -0.462 e. The quantitative estimate of drug-likeness (QED) is 0.299. The molecule has 7 nitrogen and oxygen atoms in total. The molecule has 2 atom stereocenters. The lowest BCUT2D eigenvalue weighted by Crippen LogP contribution is -2.46. The van der Waals surface area contributed by atoms with Crippen molar-refractivity contribution >= 4 is 17.8 Å². The van der Waals surface area contributed by atoms with Gasteiger partial charge in [-0.1, -0.05) is 78.9 Å². The average molecular weight is 508 g/mol. The van der Waals surface area contributed by atoms with E-state index in [4.69, 9.17) is 4.74 Å². The average Bonchev–Trinajstić information content (AvgIpc) is 2.97. The van der Waals surface area contributed by atoms with Gasteiger partial charge in [-0.15, -0.1) is 0 Å². The van der Waals surface area contributed by atoms with Gasteiger partial charge >= 0.3 is 5.97 Å². The maximum absolute atomic E-state index is 13.3. The van der Waals surface area contributed by atoms with E-state index in [1.807, 2.05) is 66.7 Å². The minimum atomic E-state index is -0.916. The molecule has 192 valence electrons. The Bertz CT molecular complexity index is 1320. The maximum atomic E-state index is 13.3. The number of rotatable bonds is 11. The molecular weight excluding hydrogens is 478 g/mol. The molecule has 4 aromatic rings. The first-order valence-corrected chi connectivity index (χ1v) is 12.4. The van der Waals surface area contributed by atoms with Gasteiger partial charge in [-0.3, -0.25) is 14.6 Å². The van der Waals surface area contributed by atoms with Crippen LogP contribution < -0.4 is 10.6 Å². The molecule has 1 heterocycles. The molecule has 3 aromatic carbocycles. The summed E-state index contributed by atoms with van der Waals surface area (Å²) in [6.07, 6.45) is 3.77. The summed E-state index contributed by atoms with van der Waals surface area (Å²) in [5.41, 5.74) is 2.78. The van der Waals surface area contributed by atoms with Crippen LogP contribution in [0.5, 0.6) is 0 Å². The van der Waals surface area contributed by atoms with Gasteiger partial charge < -0.3 is 15.4 Å². The van der Waals surface area contributed by atoms with Crippen LogP contribution in [-0.4, -0.2) is 41.5 Å². The molecule has 0 aliphatic heterocycles. The summed E-state index contributed by atoms with van der Waals surface area (Å²) in [7, 11) is 0. The van der Waals surface area contributed by atoms with E-state index < -0.39 is 24.0 Å². The summed E-state index contributed by atoms with van der Waals surface area (Å²) in [5, 5.41) is 5.77. The van der Waals surface area contributed by atoms with Crippen molar-refractivity contribution in [1.82, 2.24) is 15.6 Å². The van der Waals surface area contributed by atoms with Crippen molar-refractivity contribution in [2.24, 2.45) is 0 Å². The lowest BCUT2D eigenvalue weighted by Gasteiger charge is -2.22. The number of amides is 2. The third-order valence-electron chi connectivity index (χ3n) is 5.94. The Labute approximate surface area is 221 Å². The molecule has 7 heteroatoms. The van der Waals surface area contributed by atoms with Gasteiger partial charge in [0.25, 0.3) is 11.8 Å². The predicted molar refractivity (Wildman–Crippen MR) is 144 cm³/mol. The molecule has 2 amide bonds.